The normalized spacial score (nSPS) is 18.1. The fraction of sp³-hybridized carbons (Fsp3) is 0.562. The van der Waals surface area contributed by atoms with Gasteiger partial charge in [0.15, 0.2) is 5.75 Å². The van der Waals surface area contributed by atoms with Gasteiger partial charge in [0.05, 0.1) is 17.9 Å². The van der Waals surface area contributed by atoms with Crippen LogP contribution in [0.5, 0.6) is 5.75 Å². The van der Waals surface area contributed by atoms with Gasteiger partial charge in [0.1, 0.15) is 5.60 Å². The van der Waals surface area contributed by atoms with Gasteiger partial charge < -0.3 is 25.4 Å². The Balaban J connectivity index is 1.99. The summed E-state index contributed by atoms with van der Waals surface area (Å²) in [7, 11) is 0. The summed E-state index contributed by atoms with van der Waals surface area (Å²) in [5, 5.41) is 15.5. The largest absolute Gasteiger partial charge is 0.504 e. The summed E-state index contributed by atoms with van der Waals surface area (Å²) in [4.78, 5) is 29.9. The van der Waals surface area contributed by atoms with E-state index in [4.69, 9.17) is 4.74 Å². The fourth-order valence-corrected chi connectivity index (χ4v) is 2.41. The van der Waals surface area contributed by atoms with Crippen molar-refractivity contribution in [3.05, 3.63) is 18.5 Å². The third kappa shape index (κ3) is 5.09. The zero-order valence-electron chi connectivity index (χ0n) is 14.2. The van der Waals surface area contributed by atoms with E-state index in [-0.39, 0.29) is 24.1 Å². The minimum atomic E-state index is -0.586. The van der Waals surface area contributed by atoms with E-state index in [9.17, 15) is 14.7 Å². The minimum absolute atomic E-state index is 0.100. The Labute approximate surface area is 141 Å². The van der Waals surface area contributed by atoms with Gasteiger partial charge >= 0.3 is 6.09 Å². The molecule has 0 bridgehead atoms. The lowest BCUT2D eigenvalue weighted by Gasteiger charge is -2.36. The third-order valence-corrected chi connectivity index (χ3v) is 3.47. The second-order valence-electron chi connectivity index (χ2n) is 6.68. The van der Waals surface area contributed by atoms with Crippen molar-refractivity contribution in [2.75, 3.05) is 25.0 Å². The van der Waals surface area contributed by atoms with Crippen LogP contribution in [-0.4, -0.2) is 58.3 Å². The van der Waals surface area contributed by atoms with Gasteiger partial charge in [-0.15, -0.1) is 0 Å². The van der Waals surface area contributed by atoms with Crippen molar-refractivity contribution >= 4 is 17.7 Å². The Bertz CT molecular complexity index is 600. The number of aromatic nitrogens is 1. The summed E-state index contributed by atoms with van der Waals surface area (Å²) in [5.74, 6) is -0.393. The molecule has 1 aliphatic rings. The molecule has 2 heterocycles. The molecule has 1 aliphatic heterocycles. The number of carbonyl (C=O) groups excluding carboxylic acids is 2. The minimum Gasteiger partial charge on any atom is -0.504 e. The SMILES string of the molecule is CC(C)(C)OC(=O)N1CCNCC1CC(=O)Nc1ccncc1O. The van der Waals surface area contributed by atoms with Crippen molar-refractivity contribution in [1.29, 1.82) is 0 Å². The van der Waals surface area contributed by atoms with Crippen LogP contribution in [0.2, 0.25) is 0 Å². The Kier molecular flexibility index (Phi) is 5.61. The van der Waals surface area contributed by atoms with Crippen molar-refractivity contribution in [2.24, 2.45) is 0 Å². The van der Waals surface area contributed by atoms with Gasteiger partial charge in [-0.2, -0.15) is 0 Å². The Morgan fingerprint density at radius 1 is 1.50 bits per heavy atom. The van der Waals surface area contributed by atoms with E-state index in [0.717, 1.165) is 0 Å². The van der Waals surface area contributed by atoms with Gasteiger partial charge in [0.2, 0.25) is 5.91 Å². The molecule has 2 amide bonds. The number of piperazine rings is 1. The first-order valence-corrected chi connectivity index (χ1v) is 7.89. The molecule has 1 aromatic heterocycles. The van der Waals surface area contributed by atoms with Crippen LogP contribution in [0, 0.1) is 0 Å². The topological polar surface area (TPSA) is 104 Å². The standard InChI is InChI=1S/C16H24N4O4/c1-16(2,3)24-15(23)20-7-6-18-9-11(20)8-14(22)19-12-4-5-17-10-13(12)21/h4-5,10-11,18,21H,6-9H2,1-3H3,(H,17,19,22). The van der Waals surface area contributed by atoms with Crippen molar-refractivity contribution in [1.82, 2.24) is 15.2 Å². The first-order chi connectivity index (χ1) is 11.3. The van der Waals surface area contributed by atoms with Gasteiger partial charge in [0, 0.05) is 32.3 Å². The first-order valence-electron chi connectivity index (χ1n) is 7.89. The smallest absolute Gasteiger partial charge is 0.410 e. The lowest BCUT2D eigenvalue weighted by Crippen LogP contribution is -2.55. The highest BCUT2D eigenvalue weighted by Crippen LogP contribution is 2.21. The number of anilines is 1. The number of hydrogen-bond donors (Lipinski definition) is 3. The predicted molar refractivity (Wildman–Crippen MR) is 88.7 cm³/mol. The summed E-state index contributed by atoms with van der Waals surface area (Å²) in [6.45, 7) is 7.06. The maximum atomic E-state index is 12.3. The highest BCUT2D eigenvalue weighted by Gasteiger charge is 2.31. The highest BCUT2D eigenvalue weighted by atomic mass is 16.6. The van der Waals surface area contributed by atoms with Crippen LogP contribution < -0.4 is 10.6 Å². The third-order valence-electron chi connectivity index (χ3n) is 3.47. The molecule has 0 spiro atoms. The molecule has 8 nitrogen and oxygen atoms in total. The highest BCUT2D eigenvalue weighted by molar-refractivity contribution is 5.92. The van der Waals surface area contributed by atoms with E-state index in [0.29, 0.717) is 25.3 Å². The molecular formula is C16H24N4O4. The predicted octanol–water partition coefficient (Wildman–Crippen LogP) is 1.32. The monoisotopic (exact) mass is 336 g/mol. The van der Waals surface area contributed by atoms with Crippen molar-refractivity contribution in [2.45, 2.75) is 38.8 Å². The van der Waals surface area contributed by atoms with Gasteiger partial charge in [-0.25, -0.2) is 4.79 Å². The number of nitrogens with one attached hydrogen (secondary N) is 2. The van der Waals surface area contributed by atoms with E-state index in [1.165, 1.54) is 18.5 Å². The number of aromatic hydroxyl groups is 1. The second-order valence-corrected chi connectivity index (χ2v) is 6.68. The summed E-state index contributed by atoms with van der Waals surface area (Å²) in [5.41, 5.74) is -0.292. The summed E-state index contributed by atoms with van der Waals surface area (Å²) < 4.78 is 5.41. The number of nitrogens with zero attached hydrogens (tertiary/aromatic N) is 2. The van der Waals surface area contributed by atoms with Crippen LogP contribution in [0.1, 0.15) is 27.2 Å². The van der Waals surface area contributed by atoms with E-state index in [1.54, 1.807) is 25.7 Å². The summed E-state index contributed by atoms with van der Waals surface area (Å²) >= 11 is 0. The molecule has 1 aromatic rings. The molecule has 0 aliphatic carbocycles. The molecule has 24 heavy (non-hydrogen) atoms. The Morgan fingerprint density at radius 3 is 2.92 bits per heavy atom. The molecular weight excluding hydrogens is 312 g/mol. The average Bonchev–Trinajstić information content (AvgIpc) is 2.48. The van der Waals surface area contributed by atoms with E-state index in [2.05, 4.69) is 15.6 Å². The quantitative estimate of drug-likeness (QED) is 0.769. The summed E-state index contributed by atoms with van der Waals surface area (Å²) in [6, 6.07) is 1.20. The lowest BCUT2D eigenvalue weighted by molar-refractivity contribution is -0.117. The maximum Gasteiger partial charge on any atom is 0.410 e. The molecule has 132 valence electrons. The van der Waals surface area contributed by atoms with E-state index < -0.39 is 11.7 Å². The molecule has 1 saturated heterocycles. The molecule has 8 heteroatoms. The zero-order valence-corrected chi connectivity index (χ0v) is 14.2. The molecule has 0 aromatic carbocycles. The lowest BCUT2D eigenvalue weighted by atomic mass is 10.1. The average molecular weight is 336 g/mol. The van der Waals surface area contributed by atoms with E-state index >= 15 is 0 Å². The first kappa shape index (κ1) is 18.0. The van der Waals surface area contributed by atoms with Gasteiger partial charge in [-0.05, 0) is 26.8 Å². The van der Waals surface area contributed by atoms with Crippen molar-refractivity contribution in [3.63, 3.8) is 0 Å². The Morgan fingerprint density at radius 2 is 2.25 bits per heavy atom. The number of hydrogen-bond acceptors (Lipinski definition) is 6. The number of carbonyl (C=O) groups is 2. The number of ether oxygens (including phenoxy) is 1. The zero-order chi connectivity index (χ0) is 17.7. The Hall–Kier alpha value is -2.35. The second kappa shape index (κ2) is 7.48. The van der Waals surface area contributed by atoms with Crippen LogP contribution in [0.15, 0.2) is 18.5 Å². The number of pyridine rings is 1. The number of amides is 2. The van der Waals surface area contributed by atoms with Crippen LogP contribution in [0.4, 0.5) is 10.5 Å². The van der Waals surface area contributed by atoms with E-state index in [1.807, 2.05) is 0 Å². The molecule has 0 saturated carbocycles. The molecule has 1 fully saturated rings. The van der Waals surface area contributed by atoms with Gasteiger partial charge in [-0.3, -0.25) is 9.78 Å². The molecule has 3 N–H and O–H groups in total. The molecule has 0 radical (unpaired) electrons. The maximum absolute atomic E-state index is 12.3. The van der Waals surface area contributed by atoms with Crippen LogP contribution >= 0.6 is 0 Å². The molecule has 1 unspecified atom stereocenters. The molecule has 2 rings (SSSR count). The molecule has 1 atom stereocenters. The van der Waals surface area contributed by atoms with Crippen LogP contribution in [-0.2, 0) is 9.53 Å². The fourth-order valence-electron chi connectivity index (χ4n) is 2.41. The number of rotatable bonds is 3. The van der Waals surface area contributed by atoms with Crippen LogP contribution in [0.3, 0.4) is 0 Å². The van der Waals surface area contributed by atoms with Crippen molar-refractivity contribution < 1.29 is 19.4 Å². The van der Waals surface area contributed by atoms with Gasteiger partial charge in [-0.1, -0.05) is 0 Å². The van der Waals surface area contributed by atoms with Crippen molar-refractivity contribution in [3.8, 4) is 5.75 Å². The summed E-state index contributed by atoms with van der Waals surface area (Å²) in [6.07, 6.45) is 2.41. The van der Waals surface area contributed by atoms with Crippen LogP contribution in [0.25, 0.3) is 0 Å². The van der Waals surface area contributed by atoms with Gasteiger partial charge in [0.25, 0.3) is 0 Å².